The number of carbonyl (C=O) groups excluding carboxylic acids is 1. The standard InChI is InChI=1S/C18H29N3O2/c1-18(2,17(22)21-10-8-14(19)9-11-21)13-23-16-7-5-6-15(12-16)20(3)4/h5-7,12,14H,8-11,13,19H2,1-4H3. The molecule has 1 saturated heterocycles. The first kappa shape index (κ1) is 17.6. The van der Waals surface area contributed by atoms with Crippen LogP contribution in [0.4, 0.5) is 5.69 Å². The highest BCUT2D eigenvalue weighted by atomic mass is 16.5. The van der Waals surface area contributed by atoms with E-state index in [-0.39, 0.29) is 11.9 Å². The molecule has 1 fully saturated rings. The lowest BCUT2D eigenvalue weighted by atomic mass is 9.91. The molecule has 1 aromatic rings. The monoisotopic (exact) mass is 319 g/mol. The molecule has 2 N–H and O–H groups in total. The van der Waals surface area contributed by atoms with E-state index >= 15 is 0 Å². The SMILES string of the molecule is CN(C)c1cccc(OCC(C)(C)C(=O)N2CCC(N)CC2)c1. The van der Waals surface area contributed by atoms with Gasteiger partial charge in [-0.15, -0.1) is 0 Å². The molecular weight excluding hydrogens is 290 g/mol. The maximum Gasteiger partial charge on any atom is 0.231 e. The van der Waals surface area contributed by atoms with Crippen LogP contribution in [0.3, 0.4) is 0 Å². The van der Waals surface area contributed by atoms with Crippen molar-refractivity contribution in [1.82, 2.24) is 4.90 Å². The summed E-state index contributed by atoms with van der Waals surface area (Å²) in [7, 11) is 3.99. The van der Waals surface area contributed by atoms with Gasteiger partial charge in [-0.25, -0.2) is 0 Å². The van der Waals surface area contributed by atoms with Crippen LogP contribution < -0.4 is 15.4 Å². The smallest absolute Gasteiger partial charge is 0.231 e. The first-order valence-electron chi connectivity index (χ1n) is 8.25. The van der Waals surface area contributed by atoms with Crippen LogP contribution in [0.15, 0.2) is 24.3 Å². The van der Waals surface area contributed by atoms with Crippen LogP contribution in [0, 0.1) is 5.41 Å². The molecule has 1 aromatic carbocycles. The number of benzene rings is 1. The second-order valence-electron chi connectivity index (χ2n) is 7.19. The number of hydrogen-bond acceptors (Lipinski definition) is 4. The average molecular weight is 319 g/mol. The molecule has 0 aliphatic carbocycles. The van der Waals surface area contributed by atoms with Gasteiger partial charge in [-0.3, -0.25) is 4.79 Å². The van der Waals surface area contributed by atoms with Crippen molar-refractivity contribution in [3.05, 3.63) is 24.3 Å². The molecule has 0 atom stereocenters. The maximum atomic E-state index is 12.7. The minimum Gasteiger partial charge on any atom is -0.492 e. The second kappa shape index (κ2) is 7.21. The Morgan fingerprint density at radius 3 is 2.61 bits per heavy atom. The van der Waals surface area contributed by atoms with Crippen LogP contribution in [-0.2, 0) is 4.79 Å². The molecule has 23 heavy (non-hydrogen) atoms. The molecule has 0 aromatic heterocycles. The lowest BCUT2D eigenvalue weighted by Crippen LogP contribution is -2.49. The van der Waals surface area contributed by atoms with Gasteiger partial charge < -0.3 is 20.3 Å². The van der Waals surface area contributed by atoms with Crippen molar-refractivity contribution in [2.24, 2.45) is 11.1 Å². The van der Waals surface area contributed by atoms with Crippen molar-refractivity contribution in [2.45, 2.75) is 32.7 Å². The van der Waals surface area contributed by atoms with Gasteiger partial charge >= 0.3 is 0 Å². The molecule has 1 aliphatic rings. The fourth-order valence-corrected chi connectivity index (χ4v) is 2.71. The molecule has 2 rings (SSSR count). The second-order valence-corrected chi connectivity index (χ2v) is 7.19. The van der Waals surface area contributed by atoms with E-state index in [0.29, 0.717) is 6.61 Å². The molecule has 0 bridgehead atoms. The highest BCUT2D eigenvalue weighted by Gasteiger charge is 2.34. The predicted molar refractivity (Wildman–Crippen MR) is 93.8 cm³/mol. The average Bonchev–Trinajstić information content (AvgIpc) is 2.53. The van der Waals surface area contributed by atoms with Crippen LogP contribution in [0.5, 0.6) is 5.75 Å². The third kappa shape index (κ3) is 4.61. The molecule has 0 saturated carbocycles. The molecule has 1 amide bonds. The molecule has 0 radical (unpaired) electrons. The van der Waals surface area contributed by atoms with Gasteiger partial charge in [0.2, 0.25) is 5.91 Å². The lowest BCUT2D eigenvalue weighted by molar-refractivity contribution is -0.143. The molecule has 1 aliphatic heterocycles. The number of amides is 1. The highest BCUT2D eigenvalue weighted by Crippen LogP contribution is 2.25. The molecular formula is C18H29N3O2. The zero-order valence-corrected chi connectivity index (χ0v) is 14.7. The Morgan fingerprint density at radius 1 is 1.35 bits per heavy atom. The molecule has 5 nitrogen and oxygen atoms in total. The van der Waals surface area contributed by atoms with Gasteiger partial charge in [0, 0.05) is 45.0 Å². The normalized spacial score (nSPS) is 16.3. The largest absolute Gasteiger partial charge is 0.492 e. The number of nitrogens with two attached hydrogens (primary N) is 1. The lowest BCUT2D eigenvalue weighted by Gasteiger charge is -2.36. The van der Waals surface area contributed by atoms with Gasteiger partial charge in [0.25, 0.3) is 0 Å². The third-order valence-electron chi connectivity index (χ3n) is 4.34. The fourth-order valence-electron chi connectivity index (χ4n) is 2.71. The van der Waals surface area contributed by atoms with Gasteiger partial charge in [0.05, 0.1) is 5.41 Å². The molecule has 0 unspecified atom stereocenters. The summed E-state index contributed by atoms with van der Waals surface area (Å²) in [6.07, 6.45) is 1.76. The summed E-state index contributed by atoms with van der Waals surface area (Å²) in [6, 6.07) is 8.13. The van der Waals surface area contributed by atoms with Crippen molar-refractivity contribution in [3.63, 3.8) is 0 Å². The van der Waals surface area contributed by atoms with Crippen molar-refractivity contribution in [2.75, 3.05) is 38.7 Å². The summed E-state index contributed by atoms with van der Waals surface area (Å²) in [6.45, 7) is 5.75. The minimum absolute atomic E-state index is 0.146. The summed E-state index contributed by atoms with van der Waals surface area (Å²) < 4.78 is 5.90. The first-order valence-corrected chi connectivity index (χ1v) is 8.25. The zero-order chi connectivity index (χ0) is 17.0. The van der Waals surface area contributed by atoms with Crippen molar-refractivity contribution >= 4 is 11.6 Å². The van der Waals surface area contributed by atoms with Crippen LogP contribution >= 0.6 is 0 Å². The Morgan fingerprint density at radius 2 is 2.00 bits per heavy atom. The molecule has 1 heterocycles. The Labute approximate surface area is 139 Å². The molecule has 128 valence electrons. The van der Waals surface area contributed by atoms with E-state index in [1.807, 2.05) is 62.0 Å². The minimum atomic E-state index is -0.546. The summed E-state index contributed by atoms with van der Waals surface area (Å²) >= 11 is 0. The summed E-state index contributed by atoms with van der Waals surface area (Å²) in [5.41, 5.74) is 6.45. The van der Waals surface area contributed by atoms with E-state index in [1.165, 1.54) is 0 Å². The summed E-state index contributed by atoms with van der Waals surface area (Å²) in [5, 5.41) is 0. The number of nitrogens with zero attached hydrogens (tertiary/aromatic N) is 2. The van der Waals surface area contributed by atoms with Crippen LogP contribution in [0.2, 0.25) is 0 Å². The van der Waals surface area contributed by atoms with Crippen LogP contribution in [-0.4, -0.2) is 50.6 Å². The Bertz CT molecular complexity index is 535. The van der Waals surface area contributed by atoms with Crippen molar-refractivity contribution in [3.8, 4) is 5.75 Å². The van der Waals surface area contributed by atoms with Gasteiger partial charge in [-0.1, -0.05) is 6.07 Å². The van der Waals surface area contributed by atoms with Gasteiger partial charge in [0.15, 0.2) is 0 Å². The van der Waals surface area contributed by atoms with Gasteiger partial charge in [-0.05, 0) is 38.8 Å². The number of anilines is 1. The third-order valence-corrected chi connectivity index (χ3v) is 4.34. The van der Waals surface area contributed by atoms with E-state index in [1.54, 1.807) is 0 Å². The Kier molecular flexibility index (Phi) is 5.52. The first-order chi connectivity index (χ1) is 10.8. The Balaban J connectivity index is 1.95. The van der Waals surface area contributed by atoms with Gasteiger partial charge in [0.1, 0.15) is 12.4 Å². The van der Waals surface area contributed by atoms with Crippen LogP contribution in [0.25, 0.3) is 0 Å². The molecule has 0 spiro atoms. The van der Waals surface area contributed by atoms with E-state index in [0.717, 1.165) is 37.4 Å². The van der Waals surface area contributed by atoms with Crippen LogP contribution in [0.1, 0.15) is 26.7 Å². The fraction of sp³-hybridized carbons (Fsp3) is 0.611. The topological polar surface area (TPSA) is 58.8 Å². The predicted octanol–water partition coefficient (Wildman–Crippen LogP) is 2.11. The number of ether oxygens (including phenoxy) is 1. The zero-order valence-electron chi connectivity index (χ0n) is 14.7. The van der Waals surface area contributed by atoms with E-state index < -0.39 is 5.41 Å². The summed E-state index contributed by atoms with van der Waals surface area (Å²) in [4.78, 5) is 16.7. The number of rotatable bonds is 5. The van der Waals surface area contributed by atoms with E-state index in [4.69, 9.17) is 10.5 Å². The van der Waals surface area contributed by atoms with E-state index in [9.17, 15) is 4.79 Å². The van der Waals surface area contributed by atoms with Crippen molar-refractivity contribution in [1.29, 1.82) is 0 Å². The van der Waals surface area contributed by atoms with Crippen molar-refractivity contribution < 1.29 is 9.53 Å². The van der Waals surface area contributed by atoms with Gasteiger partial charge in [-0.2, -0.15) is 0 Å². The number of hydrogen-bond donors (Lipinski definition) is 1. The number of piperidine rings is 1. The quantitative estimate of drug-likeness (QED) is 0.903. The number of likely N-dealkylation sites (tertiary alicyclic amines) is 1. The maximum absolute atomic E-state index is 12.7. The Hall–Kier alpha value is -1.75. The highest BCUT2D eigenvalue weighted by molar-refractivity contribution is 5.82. The number of carbonyl (C=O) groups is 1. The summed E-state index contributed by atoms with van der Waals surface area (Å²) in [5.74, 6) is 0.936. The molecule has 5 heteroatoms. The van der Waals surface area contributed by atoms with E-state index in [2.05, 4.69) is 0 Å².